The fourth-order valence-corrected chi connectivity index (χ4v) is 1.65. The topological polar surface area (TPSA) is 96.3 Å². The van der Waals surface area contributed by atoms with Crippen molar-refractivity contribution in [3.05, 3.63) is 24.2 Å². The summed E-state index contributed by atoms with van der Waals surface area (Å²) in [5.41, 5.74) is 5.86. The van der Waals surface area contributed by atoms with E-state index in [-0.39, 0.29) is 6.61 Å². The van der Waals surface area contributed by atoms with Crippen molar-refractivity contribution in [2.45, 2.75) is 12.5 Å². The zero-order valence-corrected chi connectivity index (χ0v) is 11.1. The van der Waals surface area contributed by atoms with E-state index >= 15 is 0 Å². The summed E-state index contributed by atoms with van der Waals surface area (Å²) in [6.07, 6.45) is 1.62. The van der Waals surface area contributed by atoms with Crippen molar-refractivity contribution in [3.8, 4) is 17.3 Å². The van der Waals surface area contributed by atoms with Crippen LogP contribution in [0.2, 0.25) is 0 Å². The molecule has 0 aliphatic rings. The van der Waals surface area contributed by atoms with Gasteiger partial charge in [0.05, 0.1) is 13.7 Å². The quantitative estimate of drug-likeness (QED) is 0.859. The molecule has 0 aliphatic carbocycles. The Morgan fingerprint density at radius 3 is 2.89 bits per heavy atom. The summed E-state index contributed by atoms with van der Waals surface area (Å²) in [7, 11) is 3.09. The van der Waals surface area contributed by atoms with Gasteiger partial charge in [-0.3, -0.25) is 0 Å². The minimum absolute atomic E-state index is 0.288. The Labute approximate surface area is 110 Å². The Kier molecular flexibility index (Phi) is 3.77. The highest BCUT2D eigenvalue weighted by Crippen LogP contribution is 2.27. The van der Waals surface area contributed by atoms with Crippen LogP contribution in [0.5, 0.6) is 5.88 Å². The number of nitrogens with zero attached hydrogens (tertiary/aromatic N) is 3. The van der Waals surface area contributed by atoms with Crippen LogP contribution in [0.15, 0.2) is 22.9 Å². The number of methoxy groups -OCH3 is 2. The van der Waals surface area contributed by atoms with Gasteiger partial charge in [0.15, 0.2) is 5.82 Å². The van der Waals surface area contributed by atoms with Crippen molar-refractivity contribution >= 4 is 0 Å². The van der Waals surface area contributed by atoms with Crippen LogP contribution in [0.25, 0.3) is 11.5 Å². The molecule has 2 aromatic rings. The Morgan fingerprint density at radius 2 is 2.21 bits per heavy atom. The van der Waals surface area contributed by atoms with Crippen molar-refractivity contribution in [2.24, 2.45) is 5.73 Å². The Morgan fingerprint density at radius 1 is 1.42 bits per heavy atom. The SMILES string of the molecule is COCC(C)(N)c1noc(-c2cccnc2OC)n1. The standard InChI is InChI=1S/C12H16N4O3/c1-12(13,7-17-2)11-15-10(19-16-11)8-5-4-6-14-9(8)18-3/h4-6H,7,13H2,1-3H3. The average molecular weight is 264 g/mol. The number of rotatable bonds is 5. The van der Waals surface area contributed by atoms with Gasteiger partial charge in [-0.25, -0.2) is 4.98 Å². The molecule has 0 aromatic carbocycles. The first-order chi connectivity index (χ1) is 9.08. The Balaban J connectivity index is 2.36. The molecule has 2 aromatic heterocycles. The lowest BCUT2D eigenvalue weighted by Gasteiger charge is -2.18. The third-order valence-corrected chi connectivity index (χ3v) is 2.58. The summed E-state index contributed by atoms with van der Waals surface area (Å²) in [6.45, 7) is 2.06. The molecule has 0 fully saturated rings. The minimum atomic E-state index is -0.814. The number of ether oxygens (including phenoxy) is 2. The molecule has 0 saturated heterocycles. The number of pyridine rings is 1. The van der Waals surface area contributed by atoms with Gasteiger partial charge in [0, 0.05) is 13.3 Å². The predicted octanol–water partition coefficient (Wildman–Crippen LogP) is 0.960. The largest absolute Gasteiger partial charge is 0.480 e. The second-order valence-electron chi connectivity index (χ2n) is 4.33. The molecule has 2 N–H and O–H groups in total. The molecule has 19 heavy (non-hydrogen) atoms. The molecule has 0 saturated carbocycles. The second-order valence-corrected chi connectivity index (χ2v) is 4.33. The van der Waals surface area contributed by atoms with Crippen LogP contribution in [0.3, 0.4) is 0 Å². The maximum atomic E-state index is 6.05. The molecule has 0 radical (unpaired) electrons. The molecule has 1 atom stereocenters. The van der Waals surface area contributed by atoms with E-state index in [1.165, 1.54) is 7.11 Å². The van der Waals surface area contributed by atoms with Gasteiger partial charge in [0.1, 0.15) is 11.1 Å². The molecule has 0 amide bonds. The van der Waals surface area contributed by atoms with Gasteiger partial charge in [-0.15, -0.1) is 0 Å². The van der Waals surface area contributed by atoms with Gasteiger partial charge in [0.2, 0.25) is 5.88 Å². The third kappa shape index (κ3) is 2.72. The van der Waals surface area contributed by atoms with E-state index < -0.39 is 5.54 Å². The van der Waals surface area contributed by atoms with Crippen LogP contribution in [-0.2, 0) is 10.3 Å². The van der Waals surface area contributed by atoms with E-state index in [0.717, 1.165) is 0 Å². The van der Waals surface area contributed by atoms with Crippen molar-refractivity contribution in [1.29, 1.82) is 0 Å². The molecule has 7 heteroatoms. The fourth-order valence-electron chi connectivity index (χ4n) is 1.65. The van der Waals surface area contributed by atoms with Crippen LogP contribution in [0.4, 0.5) is 0 Å². The maximum absolute atomic E-state index is 6.05. The highest BCUT2D eigenvalue weighted by Gasteiger charge is 2.28. The number of hydrogen-bond acceptors (Lipinski definition) is 7. The second kappa shape index (κ2) is 5.33. The Hall–Kier alpha value is -1.99. The van der Waals surface area contributed by atoms with Crippen LogP contribution in [0, 0.1) is 0 Å². The lowest BCUT2D eigenvalue weighted by molar-refractivity contribution is 0.135. The van der Waals surface area contributed by atoms with Gasteiger partial charge >= 0.3 is 0 Å². The maximum Gasteiger partial charge on any atom is 0.263 e. The molecule has 2 heterocycles. The lowest BCUT2D eigenvalue weighted by Crippen LogP contribution is -2.38. The number of aromatic nitrogens is 3. The first kappa shape index (κ1) is 13.4. The lowest BCUT2D eigenvalue weighted by atomic mass is 10.1. The fraction of sp³-hybridized carbons (Fsp3) is 0.417. The summed E-state index contributed by atoms with van der Waals surface area (Å²) in [5, 5.41) is 3.88. The van der Waals surface area contributed by atoms with Gasteiger partial charge in [0.25, 0.3) is 5.89 Å². The van der Waals surface area contributed by atoms with Gasteiger partial charge < -0.3 is 19.7 Å². The highest BCUT2D eigenvalue weighted by molar-refractivity contribution is 5.59. The molecular formula is C12H16N4O3. The van der Waals surface area contributed by atoms with Crippen molar-refractivity contribution in [1.82, 2.24) is 15.1 Å². The molecule has 0 spiro atoms. The molecule has 0 aliphatic heterocycles. The summed E-state index contributed by atoms with van der Waals surface area (Å²) >= 11 is 0. The van der Waals surface area contributed by atoms with E-state index in [1.54, 1.807) is 32.4 Å². The number of hydrogen-bond donors (Lipinski definition) is 1. The van der Waals surface area contributed by atoms with E-state index in [1.807, 2.05) is 0 Å². The molecule has 102 valence electrons. The molecule has 7 nitrogen and oxygen atoms in total. The van der Waals surface area contributed by atoms with E-state index in [4.69, 9.17) is 19.7 Å². The van der Waals surface area contributed by atoms with E-state index in [2.05, 4.69) is 15.1 Å². The van der Waals surface area contributed by atoms with Crippen molar-refractivity contribution in [2.75, 3.05) is 20.8 Å². The summed E-state index contributed by atoms with van der Waals surface area (Å²) in [4.78, 5) is 8.35. The summed E-state index contributed by atoms with van der Waals surface area (Å²) in [5.74, 6) is 1.10. The summed E-state index contributed by atoms with van der Waals surface area (Å²) < 4.78 is 15.4. The zero-order chi connectivity index (χ0) is 13.9. The Bertz CT molecular complexity index is 553. The van der Waals surface area contributed by atoms with Gasteiger partial charge in [-0.2, -0.15) is 4.98 Å². The smallest absolute Gasteiger partial charge is 0.263 e. The van der Waals surface area contributed by atoms with Crippen LogP contribution >= 0.6 is 0 Å². The first-order valence-electron chi connectivity index (χ1n) is 5.70. The molecule has 1 unspecified atom stereocenters. The average Bonchev–Trinajstić information content (AvgIpc) is 2.89. The molecular weight excluding hydrogens is 248 g/mol. The normalized spacial score (nSPS) is 14.1. The van der Waals surface area contributed by atoms with Gasteiger partial charge in [-0.1, -0.05) is 5.16 Å². The highest BCUT2D eigenvalue weighted by atomic mass is 16.5. The van der Waals surface area contributed by atoms with Crippen LogP contribution in [-0.4, -0.2) is 36.0 Å². The number of nitrogens with two attached hydrogens (primary N) is 1. The van der Waals surface area contributed by atoms with E-state index in [0.29, 0.717) is 23.2 Å². The zero-order valence-electron chi connectivity index (χ0n) is 11.1. The van der Waals surface area contributed by atoms with Gasteiger partial charge in [-0.05, 0) is 19.1 Å². The minimum Gasteiger partial charge on any atom is -0.480 e. The third-order valence-electron chi connectivity index (χ3n) is 2.58. The summed E-state index contributed by atoms with van der Waals surface area (Å²) in [6, 6.07) is 3.55. The van der Waals surface area contributed by atoms with Crippen molar-refractivity contribution in [3.63, 3.8) is 0 Å². The monoisotopic (exact) mass is 264 g/mol. The van der Waals surface area contributed by atoms with E-state index in [9.17, 15) is 0 Å². The van der Waals surface area contributed by atoms with Crippen molar-refractivity contribution < 1.29 is 14.0 Å². The van der Waals surface area contributed by atoms with Crippen LogP contribution < -0.4 is 10.5 Å². The molecule has 0 bridgehead atoms. The molecule has 2 rings (SSSR count). The first-order valence-corrected chi connectivity index (χ1v) is 5.70. The predicted molar refractivity (Wildman–Crippen MR) is 67.5 cm³/mol. The van der Waals surface area contributed by atoms with Crippen LogP contribution in [0.1, 0.15) is 12.7 Å².